The maximum atomic E-state index is 12.9. The number of carboxylic acid groups (broad SMARTS) is 1. The Hall–Kier alpha value is -2.85. The van der Waals surface area contributed by atoms with Crippen LogP contribution in [0.5, 0.6) is 0 Å². The summed E-state index contributed by atoms with van der Waals surface area (Å²) < 4.78 is 0. The summed E-state index contributed by atoms with van der Waals surface area (Å²) in [6.45, 7) is 0.789. The minimum Gasteiger partial charge on any atom is -0.480 e. The van der Waals surface area contributed by atoms with Crippen LogP contribution in [0.25, 0.3) is 16.6 Å². The molecule has 11 heteroatoms. The summed E-state index contributed by atoms with van der Waals surface area (Å²) in [5.41, 5.74) is 2.22. The molecule has 204 valence electrons. The third-order valence-electron chi connectivity index (χ3n) is 6.48. The molecule has 1 unspecified atom stereocenters. The van der Waals surface area contributed by atoms with Crippen molar-refractivity contribution >= 4 is 70.2 Å². The number of hydrogen-bond acceptors (Lipinski definition) is 6. The number of thioether (sulfide) groups is 1. The Morgan fingerprint density at radius 3 is 2.54 bits per heavy atom. The maximum absolute atomic E-state index is 12.9. The van der Waals surface area contributed by atoms with Gasteiger partial charge in [-0.25, -0.2) is 9.78 Å². The molecule has 0 bridgehead atoms. The van der Waals surface area contributed by atoms with E-state index in [2.05, 4.69) is 10.3 Å². The summed E-state index contributed by atoms with van der Waals surface area (Å²) in [5.74, 6) is -1.99. The van der Waals surface area contributed by atoms with Gasteiger partial charge in [-0.3, -0.25) is 9.59 Å². The number of nitrogens with one attached hydrogen (secondary N) is 1. The van der Waals surface area contributed by atoms with Crippen molar-refractivity contribution in [1.82, 2.24) is 15.2 Å². The number of piperidine rings is 1. The molecule has 1 aliphatic rings. The van der Waals surface area contributed by atoms with Gasteiger partial charge in [0.05, 0.1) is 15.7 Å². The zero-order chi connectivity index (χ0) is 27.9. The molecular formula is C28H27Cl2N3O4S2. The Labute approximate surface area is 245 Å². The van der Waals surface area contributed by atoms with Gasteiger partial charge in [-0.15, -0.1) is 23.1 Å². The molecule has 0 spiro atoms. The van der Waals surface area contributed by atoms with Crippen molar-refractivity contribution in [3.05, 3.63) is 75.2 Å². The molecule has 1 atom stereocenters. The van der Waals surface area contributed by atoms with Gasteiger partial charge < -0.3 is 15.3 Å². The number of benzene rings is 2. The molecule has 39 heavy (non-hydrogen) atoms. The number of amides is 2. The molecule has 2 heterocycles. The number of thiazole rings is 1. The van der Waals surface area contributed by atoms with Gasteiger partial charge in [-0.2, -0.15) is 0 Å². The first-order chi connectivity index (χ1) is 18.8. The van der Waals surface area contributed by atoms with Crippen molar-refractivity contribution in [1.29, 1.82) is 0 Å². The van der Waals surface area contributed by atoms with Gasteiger partial charge in [0.2, 0.25) is 11.8 Å². The van der Waals surface area contributed by atoms with Crippen LogP contribution in [0.2, 0.25) is 10.0 Å². The molecule has 4 rings (SSSR count). The van der Waals surface area contributed by atoms with Crippen molar-refractivity contribution < 1.29 is 19.5 Å². The van der Waals surface area contributed by atoms with E-state index in [-0.39, 0.29) is 24.2 Å². The third kappa shape index (κ3) is 7.42. The Morgan fingerprint density at radius 1 is 1.15 bits per heavy atom. The summed E-state index contributed by atoms with van der Waals surface area (Å²) in [5, 5.41) is 15.9. The van der Waals surface area contributed by atoms with E-state index in [9.17, 15) is 19.5 Å². The summed E-state index contributed by atoms with van der Waals surface area (Å²) in [4.78, 5) is 44.6. The third-order valence-corrected chi connectivity index (χ3v) is 9.21. The number of rotatable bonds is 9. The predicted molar refractivity (Wildman–Crippen MR) is 157 cm³/mol. The van der Waals surface area contributed by atoms with Gasteiger partial charge in [-0.1, -0.05) is 59.6 Å². The van der Waals surface area contributed by atoms with Gasteiger partial charge >= 0.3 is 5.97 Å². The second-order valence-corrected chi connectivity index (χ2v) is 11.5. The van der Waals surface area contributed by atoms with Gasteiger partial charge in [0.15, 0.2) is 0 Å². The highest BCUT2D eigenvalue weighted by atomic mass is 35.5. The maximum Gasteiger partial charge on any atom is 0.326 e. The molecule has 2 amide bonds. The summed E-state index contributed by atoms with van der Waals surface area (Å²) in [7, 11) is 0. The van der Waals surface area contributed by atoms with Crippen LogP contribution in [0.4, 0.5) is 0 Å². The van der Waals surface area contributed by atoms with Crippen LogP contribution in [0.3, 0.4) is 0 Å². The molecule has 2 N–H and O–H groups in total. The number of carboxylic acids is 1. The van der Waals surface area contributed by atoms with Crippen molar-refractivity contribution in [2.24, 2.45) is 5.92 Å². The Morgan fingerprint density at radius 2 is 1.87 bits per heavy atom. The molecule has 0 saturated carbocycles. The summed E-state index contributed by atoms with van der Waals surface area (Å²) in [6, 6.07) is 12.2. The normalized spacial score (nSPS) is 14.9. The van der Waals surface area contributed by atoms with Gasteiger partial charge in [0, 0.05) is 47.3 Å². The highest BCUT2D eigenvalue weighted by Crippen LogP contribution is 2.35. The Bertz CT molecular complexity index is 1370. The van der Waals surface area contributed by atoms with Crippen LogP contribution in [-0.2, 0) is 20.8 Å². The second kappa shape index (κ2) is 13.5. The van der Waals surface area contributed by atoms with E-state index in [0.29, 0.717) is 47.2 Å². The number of nitrogens with zero attached hydrogens (tertiary/aromatic N) is 2. The highest BCUT2D eigenvalue weighted by molar-refractivity contribution is 7.98. The molecular weight excluding hydrogens is 577 g/mol. The van der Waals surface area contributed by atoms with Crippen LogP contribution in [0.15, 0.2) is 58.8 Å². The molecule has 1 fully saturated rings. The van der Waals surface area contributed by atoms with Crippen LogP contribution < -0.4 is 5.32 Å². The number of hydrogen-bond donors (Lipinski definition) is 2. The summed E-state index contributed by atoms with van der Waals surface area (Å²) in [6.07, 6.45) is 5.98. The molecule has 1 aromatic heterocycles. The van der Waals surface area contributed by atoms with Gasteiger partial charge in [0.1, 0.15) is 11.0 Å². The Balaban J connectivity index is 1.30. The highest BCUT2D eigenvalue weighted by Gasteiger charge is 2.30. The number of aromatic nitrogens is 1. The van der Waals surface area contributed by atoms with Crippen LogP contribution in [0, 0.1) is 5.92 Å². The topological polar surface area (TPSA) is 99.6 Å². The number of halogens is 2. The first kappa shape index (κ1) is 29.1. The van der Waals surface area contributed by atoms with E-state index >= 15 is 0 Å². The molecule has 1 aliphatic heterocycles. The number of carbonyl (C=O) groups excluding carboxylic acids is 2. The molecule has 0 aliphatic carbocycles. The standard InChI is InChI=1S/C28H27Cl2N3O4S2/c1-38-22-9-7-17(24(29)25(22)30)8-10-23(34)33-13-11-18(12-14-33)26(35)32-21(28(36)37)15-20-16-39-27(31-20)19-5-3-2-4-6-19/h2-10,16,18,21H,11-15H2,1H3,(H,32,35)(H,36,37). The average Bonchev–Trinajstić information content (AvgIpc) is 3.42. The van der Waals surface area contributed by atoms with Gasteiger partial charge in [0.25, 0.3) is 0 Å². The number of aliphatic carboxylic acids is 1. The predicted octanol–water partition coefficient (Wildman–Crippen LogP) is 5.90. The van der Waals surface area contributed by atoms with E-state index in [4.69, 9.17) is 23.2 Å². The minimum absolute atomic E-state index is 0.0943. The van der Waals surface area contributed by atoms with Crippen LogP contribution in [-0.4, -0.2) is 58.2 Å². The molecule has 7 nitrogen and oxygen atoms in total. The van der Waals surface area contributed by atoms with E-state index in [0.717, 1.165) is 15.5 Å². The van der Waals surface area contributed by atoms with Crippen molar-refractivity contribution in [3.8, 4) is 10.6 Å². The molecule has 3 aromatic rings. The van der Waals surface area contributed by atoms with Crippen LogP contribution in [0.1, 0.15) is 24.1 Å². The number of carbonyl (C=O) groups is 3. The van der Waals surface area contributed by atoms with Crippen molar-refractivity contribution in [2.45, 2.75) is 30.2 Å². The zero-order valence-electron chi connectivity index (χ0n) is 21.1. The smallest absolute Gasteiger partial charge is 0.326 e. The first-order valence-corrected chi connectivity index (χ1v) is 15.1. The van der Waals surface area contributed by atoms with E-state index in [1.807, 2.05) is 54.1 Å². The number of likely N-dealkylation sites (tertiary alicyclic amines) is 1. The molecule has 1 saturated heterocycles. The lowest BCUT2D eigenvalue weighted by Crippen LogP contribution is -2.48. The molecule has 0 radical (unpaired) electrons. The van der Waals surface area contributed by atoms with E-state index < -0.39 is 12.0 Å². The second-order valence-electron chi connectivity index (χ2n) is 9.03. The van der Waals surface area contributed by atoms with Crippen molar-refractivity contribution in [3.63, 3.8) is 0 Å². The fourth-order valence-electron chi connectivity index (χ4n) is 4.27. The summed E-state index contributed by atoms with van der Waals surface area (Å²) >= 11 is 15.5. The lowest BCUT2D eigenvalue weighted by molar-refractivity contribution is -0.142. The van der Waals surface area contributed by atoms with Gasteiger partial charge in [-0.05, 0) is 36.8 Å². The zero-order valence-corrected chi connectivity index (χ0v) is 24.2. The quantitative estimate of drug-likeness (QED) is 0.233. The minimum atomic E-state index is -1.11. The molecule has 2 aromatic carbocycles. The monoisotopic (exact) mass is 603 g/mol. The van der Waals surface area contributed by atoms with E-state index in [1.165, 1.54) is 29.2 Å². The lowest BCUT2D eigenvalue weighted by atomic mass is 9.95. The Kier molecular flexibility index (Phi) is 10.1. The fraction of sp³-hybridized carbons (Fsp3) is 0.286. The first-order valence-electron chi connectivity index (χ1n) is 12.3. The van der Waals surface area contributed by atoms with E-state index in [1.54, 1.807) is 11.0 Å². The van der Waals surface area contributed by atoms with Crippen molar-refractivity contribution in [2.75, 3.05) is 19.3 Å². The fourth-order valence-corrected chi connectivity index (χ4v) is 6.29. The van der Waals surface area contributed by atoms with Crippen LogP contribution >= 0.6 is 46.3 Å². The average molecular weight is 605 g/mol. The lowest BCUT2D eigenvalue weighted by Gasteiger charge is -2.31. The SMILES string of the molecule is CSc1ccc(C=CC(=O)N2CCC(C(=O)NC(Cc3csc(-c4ccccc4)n3)C(=O)O)CC2)c(Cl)c1Cl. The largest absolute Gasteiger partial charge is 0.480 e.